The van der Waals surface area contributed by atoms with Gasteiger partial charge in [0, 0.05) is 12.1 Å². The van der Waals surface area contributed by atoms with Gasteiger partial charge in [0.05, 0.1) is 19.8 Å². The van der Waals surface area contributed by atoms with Crippen LogP contribution in [0.1, 0.15) is 29.3 Å². The highest BCUT2D eigenvalue weighted by Crippen LogP contribution is 2.31. The molecule has 0 bridgehead atoms. The second kappa shape index (κ2) is 8.15. The normalized spacial score (nSPS) is 10.1. The summed E-state index contributed by atoms with van der Waals surface area (Å²) in [7, 11) is 3.03. The van der Waals surface area contributed by atoms with Gasteiger partial charge in [-0.2, -0.15) is 0 Å². The van der Waals surface area contributed by atoms with Crippen molar-refractivity contribution < 1.29 is 19.1 Å². The van der Waals surface area contributed by atoms with E-state index < -0.39 is 0 Å². The molecule has 0 saturated carbocycles. The summed E-state index contributed by atoms with van der Waals surface area (Å²) in [5.41, 5.74) is 2.14. The maximum absolute atomic E-state index is 12.5. The first kappa shape index (κ1) is 17.5. The van der Waals surface area contributed by atoms with Crippen molar-refractivity contribution in [2.24, 2.45) is 0 Å². The predicted octanol–water partition coefficient (Wildman–Crippen LogP) is 3.48. The molecule has 1 amide bonds. The Hall–Kier alpha value is -2.82. The first-order chi connectivity index (χ1) is 11.5. The van der Waals surface area contributed by atoms with Gasteiger partial charge in [-0.25, -0.2) is 0 Å². The van der Waals surface area contributed by atoms with Gasteiger partial charge >= 0.3 is 0 Å². The van der Waals surface area contributed by atoms with Crippen LogP contribution < -0.4 is 14.8 Å². The van der Waals surface area contributed by atoms with Gasteiger partial charge in [-0.3, -0.25) is 4.79 Å². The zero-order valence-electron chi connectivity index (χ0n) is 14.1. The highest BCUT2D eigenvalue weighted by atomic mass is 16.5. The number of carbonyl (C=O) groups is 2. The third-order valence-corrected chi connectivity index (χ3v) is 3.63. The van der Waals surface area contributed by atoms with Gasteiger partial charge in [0.15, 0.2) is 11.5 Å². The third kappa shape index (κ3) is 4.35. The van der Waals surface area contributed by atoms with Gasteiger partial charge < -0.3 is 19.6 Å². The summed E-state index contributed by atoms with van der Waals surface area (Å²) in [5, 5.41) is 2.83. The van der Waals surface area contributed by atoms with Crippen molar-refractivity contribution in [3.05, 3.63) is 53.6 Å². The van der Waals surface area contributed by atoms with Gasteiger partial charge in [-0.05, 0) is 43.2 Å². The molecular weight excluding hydrogens is 306 g/mol. The number of rotatable bonds is 7. The number of ether oxygens (including phenoxy) is 2. The van der Waals surface area contributed by atoms with E-state index in [9.17, 15) is 9.59 Å². The number of amides is 1. The molecule has 0 aromatic heterocycles. The quantitative estimate of drug-likeness (QED) is 0.845. The number of nitrogens with one attached hydrogen (secondary N) is 1. The molecule has 0 spiro atoms. The summed E-state index contributed by atoms with van der Waals surface area (Å²) in [6, 6.07) is 12.6. The predicted molar refractivity (Wildman–Crippen MR) is 92.9 cm³/mol. The summed E-state index contributed by atoms with van der Waals surface area (Å²) in [6.45, 7) is 1.58. The summed E-state index contributed by atoms with van der Waals surface area (Å²) in [4.78, 5) is 23.5. The molecule has 5 heteroatoms. The molecule has 0 fully saturated rings. The number of aryl methyl sites for hydroxylation is 1. The van der Waals surface area contributed by atoms with Crippen molar-refractivity contribution in [2.45, 2.75) is 19.8 Å². The fourth-order valence-corrected chi connectivity index (χ4v) is 2.34. The minimum Gasteiger partial charge on any atom is -0.493 e. The monoisotopic (exact) mass is 327 g/mol. The topological polar surface area (TPSA) is 64.6 Å². The van der Waals surface area contributed by atoms with Gasteiger partial charge in [-0.15, -0.1) is 0 Å². The average Bonchev–Trinajstić information content (AvgIpc) is 2.60. The second-order valence-corrected chi connectivity index (χ2v) is 5.39. The van der Waals surface area contributed by atoms with E-state index >= 15 is 0 Å². The van der Waals surface area contributed by atoms with E-state index in [2.05, 4.69) is 5.32 Å². The Morgan fingerprint density at radius 1 is 1.00 bits per heavy atom. The van der Waals surface area contributed by atoms with Gasteiger partial charge in [-0.1, -0.05) is 18.2 Å². The number of benzene rings is 2. The Balaban J connectivity index is 2.11. The number of carbonyl (C=O) groups excluding carboxylic acids is 2. The third-order valence-electron chi connectivity index (χ3n) is 3.63. The van der Waals surface area contributed by atoms with Crippen molar-refractivity contribution in [1.82, 2.24) is 0 Å². The lowest BCUT2D eigenvalue weighted by molar-refractivity contribution is -0.116. The summed E-state index contributed by atoms with van der Waals surface area (Å²) >= 11 is 0. The average molecular weight is 327 g/mol. The zero-order valence-corrected chi connectivity index (χ0v) is 14.1. The maximum atomic E-state index is 12.5. The highest BCUT2D eigenvalue weighted by molar-refractivity contribution is 6.06. The minimum absolute atomic E-state index is 0.164. The molecule has 0 aliphatic rings. The van der Waals surface area contributed by atoms with Crippen LogP contribution in [0.4, 0.5) is 5.69 Å². The summed E-state index contributed by atoms with van der Waals surface area (Å²) in [6.07, 6.45) is 1.22. The number of para-hydroxylation sites is 1. The molecule has 0 aliphatic heterocycles. The number of hydrogen-bond donors (Lipinski definition) is 1. The molecule has 2 rings (SSSR count). The molecule has 2 aromatic rings. The Morgan fingerprint density at radius 2 is 1.71 bits per heavy atom. The zero-order chi connectivity index (χ0) is 17.5. The lowest BCUT2D eigenvalue weighted by Gasteiger charge is -2.12. The van der Waals surface area contributed by atoms with Crippen molar-refractivity contribution >= 4 is 17.4 Å². The molecule has 0 unspecified atom stereocenters. The van der Waals surface area contributed by atoms with E-state index in [0.29, 0.717) is 35.6 Å². The van der Waals surface area contributed by atoms with Crippen LogP contribution in [0.15, 0.2) is 42.5 Å². The Kier molecular flexibility index (Phi) is 5.95. The first-order valence-corrected chi connectivity index (χ1v) is 7.66. The number of Topliss-reactive ketones (excluding diaryl/α,β-unsaturated/α-hetero) is 1. The smallest absolute Gasteiger partial charge is 0.259 e. The van der Waals surface area contributed by atoms with Crippen LogP contribution in [0.3, 0.4) is 0 Å². The van der Waals surface area contributed by atoms with E-state index in [1.165, 1.54) is 14.2 Å². The largest absolute Gasteiger partial charge is 0.493 e. The van der Waals surface area contributed by atoms with Crippen LogP contribution in [-0.2, 0) is 11.2 Å². The van der Waals surface area contributed by atoms with Gasteiger partial charge in [0.1, 0.15) is 5.78 Å². The highest BCUT2D eigenvalue weighted by Gasteiger charge is 2.16. The molecule has 24 heavy (non-hydrogen) atoms. The molecule has 1 N–H and O–H groups in total. The van der Waals surface area contributed by atoms with E-state index in [1.54, 1.807) is 25.1 Å². The Labute approximate surface area is 141 Å². The molecule has 5 nitrogen and oxygen atoms in total. The molecule has 0 saturated heterocycles. The Morgan fingerprint density at radius 3 is 2.29 bits per heavy atom. The van der Waals surface area contributed by atoms with Gasteiger partial charge in [0.25, 0.3) is 5.91 Å². The lowest BCUT2D eigenvalue weighted by atomic mass is 10.1. The number of anilines is 1. The summed E-state index contributed by atoms with van der Waals surface area (Å²) in [5.74, 6) is 0.792. The molecule has 126 valence electrons. The number of hydrogen-bond acceptors (Lipinski definition) is 4. The lowest BCUT2D eigenvalue weighted by Crippen LogP contribution is -2.13. The van der Waals surface area contributed by atoms with Crippen molar-refractivity contribution in [3.8, 4) is 11.5 Å². The van der Waals surface area contributed by atoms with E-state index in [0.717, 1.165) is 5.56 Å². The molecule has 0 aliphatic carbocycles. The number of ketones is 1. The fourth-order valence-electron chi connectivity index (χ4n) is 2.34. The molecule has 0 radical (unpaired) electrons. The van der Waals surface area contributed by atoms with Crippen LogP contribution >= 0.6 is 0 Å². The van der Waals surface area contributed by atoms with Crippen LogP contribution in [0.25, 0.3) is 0 Å². The van der Waals surface area contributed by atoms with E-state index in [-0.39, 0.29) is 11.7 Å². The summed E-state index contributed by atoms with van der Waals surface area (Å²) < 4.78 is 10.5. The van der Waals surface area contributed by atoms with Crippen LogP contribution in [-0.4, -0.2) is 25.9 Å². The molecule has 0 atom stereocenters. The van der Waals surface area contributed by atoms with Crippen LogP contribution in [0, 0.1) is 0 Å². The molecular formula is C19H21NO4. The van der Waals surface area contributed by atoms with Crippen LogP contribution in [0.5, 0.6) is 11.5 Å². The fraction of sp³-hybridized carbons (Fsp3) is 0.263. The second-order valence-electron chi connectivity index (χ2n) is 5.39. The van der Waals surface area contributed by atoms with Gasteiger partial charge in [0.2, 0.25) is 0 Å². The van der Waals surface area contributed by atoms with Crippen molar-refractivity contribution in [1.29, 1.82) is 0 Å². The van der Waals surface area contributed by atoms with Crippen LogP contribution in [0.2, 0.25) is 0 Å². The van der Waals surface area contributed by atoms with Crippen molar-refractivity contribution in [2.75, 3.05) is 19.5 Å². The van der Waals surface area contributed by atoms with Crippen molar-refractivity contribution in [3.63, 3.8) is 0 Å². The Bertz CT molecular complexity index is 723. The number of methoxy groups -OCH3 is 2. The minimum atomic E-state index is -0.276. The standard InChI is InChI=1S/C19H21NO4/c1-13(21)7-8-14-9-11-15(12-10-14)20-19(22)16-5-4-6-17(23-2)18(16)24-3/h4-6,9-12H,7-8H2,1-3H3,(H,20,22). The molecule has 2 aromatic carbocycles. The van der Waals surface area contributed by atoms with E-state index in [1.807, 2.05) is 24.3 Å². The SMILES string of the molecule is COc1cccc(C(=O)Nc2ccc(CCC(C)=O)cc2)c1OC. The maximum Gasteiger partial charge on any atom is 0.259 e. The molecule has 0 heterocycles. The first-order valence-electron chi connectivity index (χ1n) is 7.66. The van der Waals surface area contributed by atoms with E-state index in [4.69, 9.17) is 9.47 Å².